The maximum Gasteiger partial charge on any atom is 0.229 e. The average molecular weight is 494 g/mol. The van der Waals surface area contributed by atoms with E-state index in [1.807, 2.05) is 18.2 Å². The van der Waals surface area contributed by atoms with Crippen molar-refractivity contribution in [1.82, 2.24) is 10.2 Å². The molecule has 172 valence electrons. The summed E-state index contributed by atoms with van der Waals surface area (Å²) >= 11 is 6.23. The first kappa shape index (κ1) is 23.3. The van der Waals surface area contributed by atoms with Gasteiger partial charge in [-0.1, -0.05) is 35.9 Å². The van der Waals surface area contributed by atoms with E-state index in [1.165, 1.54) is 0 Å². The van der Waals surface area contributed by atoms with Crippen LogP contribution < -0.4 is 14.8 Å². The summed E-state index contributed by atoms with van der Waals surface area (Å²) in [7, 11) is -1.87. The van der Waals surface area contributed by atoms with Gasteiger partial charge in [0.05, 0.1) is 30.0 Å². The number of halogens is 1. The van der Waals surface area contributed by atoms with Crippen molar-refractivity contribution in [3.05, 3.63) is 76.8 Å². The molecule has 8 nitrogen and oxygen atoms in total. The molecular formula is C24H20ClN5O3S. The van der Waals surface area contributed by atoms with Crippen LogP contribution in [0.4, 0.5) is 11.5 Å². The minimum absolute atomic E-state index is 0.419. The SMILES string of the molecule is COc1ccc(CNc2nnc(-c3cccc(NS(C)(=O)=O)c3)c3ccc(C#N)cc23)cc1Cl. The zero-order chi connectivity index (χ0) is 24.3. The maximum absolute atomic E-state index is 11.6. The predicted molar refractivity (Wildman–Crippen MR) is 133 cm³/mol. The Kier molecular flexibility index (Phi) is 6.54. The zero-order valence-corrected chi connectivity index (χ0v) is 19.9. The lowest BCUT2D eigenvalue weighted by Crippen LogP contribution is -2.09. The zero-order valence-electron chi connectivity index (χ0n) is 18.3. The largest absolute Gasteiger partial charge is 0.495 e. The molecule has 4 rings (SSSR count). The topological polar surface area (TPSA) is 117 Å². The number of fused-ring (bicyclic) bond motifs is 1. The quantitative estimate of drug-likeness (QED) is 0.379. The molecule has 0 saturated carbocycles. The highest BCUT2D eigenvalue weighted by atomic mass is 35.5. The Balaban J connectivity index is 1.73. The lowest BCUT2D eigenvalue weighted by molar-refractivity contribution is 0.415. The van der Waals surface area contributed by atoms with Crippen LogP contribution in [0.1, 0.15) is 11.1 Å². The smallest absolute Gasteiger partial charge is 0.229 e. The highest BCUT2D eigenvalue weighted by Gasteiger charge is 2.14. The van der Waals surface area contributed by atoms with E-state index in [9.17, 15) is 13.7 Å². The number of rotatable bonds is 7. The van der Waals surface area contributed by atoms with Crippen molar-refractivity contribution in [2.75, 3.05) is 23.4 Å². The van der Waals surface area contributed by atoms with Crippen LogP contribution in [-0.4, -0.2) is 32.0 Å². The number of hydrogen-bond donors (Lipinski definition) is 2. The van der Waals surface area contributed by atoms with Gasteiger partial charge in [0.15, 0.2) is 5.82 Å². The molecular weight excluding hydrogens is 474 g/mol. The third kappa shape index (κ3) is 5.20. The van der Waals surface area contributed by atoms with E-state index in [-0.39, 0.29) is 0 Å². The number of aromatic nitrogens is 2. The lowest BCUT2D eigenvalue weighted by atomic mass is 10.0. The first-order valence-electron chi connectivity index (χ1n) is 10.1. The molecule has 0 fully saturated rings. The second-order valence-electron chi connectivity index (χ2n) is 7.55. The summed E-state index contributed by atoms with van der Waals surface area (Å²) in [6, 6.07) is 19.8. The van der Waals surface area contributed by atoms with Gasteiger partial charge in [-0.25, -0.2) is 8.42 Å². The number of nitrogens with zero attached hydrogens (tertiary/aromatic N) is 3. The lowest BCUT2D eigenvalue weighted by Gasteiger charge is -2.13. The summed E-state index contributed by atoms with van der Waals surface area (Å²) in [4.78, 5) is 0. The minimum Gasteiger partial charge on any atom is -0.495 e. The fourth-order valence-electron chi connectivity index (χ4n) is 3.52. The Bertz CT molecular complexity index is 1530. The van der Waals surface area contributed by atoms with Gasteiger partial charge in [0.25, 0.3) is 0 Å². The molecule has 0 aliphatic carbocycles. The van der Waals surface area contributed by atoms with E-state index < -0.39 is 10.0 Å². The summed E-state index contributed by atoms with van der Waals surface area (Å²) in [6.45, 7) is 0.428. The Hall–Kier alpha value is -3.87. The second kappa shape index (κ2) is 9.55. The molecule has 3 aromatic carbocycles. The van der Waals surface area contributed by atoms with E-state index >= 15 is 0 Å². The van der Waals surface area contributed by atoms with Crippen LogP contribution >= 0.6 is 11.6 Å². The molecule has 1 aromatic heterocycles. The van der Waals surface area contributed by atoms with Crippen molar-refractivity contribution < 1.29 is 13.2 Å². The van der Waals surface area contributed by atoms with Gasteiger partial charge in [-0.05, 0) is 42.0 Å². The number of sulfonamides is 1. The number of benzene rings is 3. The van der Waals surface area contributed by atoms with Gasteiger partial charge in [0, 0.05) is 28.6 Å². The van der Waals surface area contributed by atoms with E-state index in [2.05, 4.69) is 26.3 Å². The Labute approximate surface area is 202 Å². The highest BCUT2D eigenvalue weighted by molar-refractivity contribution is 7.92. The minimum atomic E-state index is -3.42. The Morgan fingerprint density at radius 1 is 1.06 bits per heavy atom. The van der Waals surface area contributed by atoms with Crippen LogP contribution in [0.25, 0.3) is 22.0 Å². The molecule has 4 aromatic rings. The van der Waals surface area contributed by atoms with Gasteiger partial charge in [-0.15, -0.1) is 10.2 Å². The molecule has 0 aliphatic heterocycles. The van der Waals surface area contributed by atoms with Gasteiger partial charge in [0.1, 0.15) is 11.4 Å². The first-order valence-corrected chi connectivity index (χ1v) is 12.4. The molecule has 0 atom stereocenters. The molecule has 34 heavy (non-hydrogen) atoms. The van der Waals surface area contributed by atoms with Gasteiger partial charge in [-0.2, -0.15) is 5.26 Å². The number of nitriles is 1. The van der Waals surface area contributed by atoms with Crippen molar-refractivity contribution in [3.8, 4) is 23.1 Å². The molecule has 0 bridgehead atoms. The van der Waals surface area contributed by atoms with Crippen molar-refractivity contribution in [2.24, 2.45) is 0 Å². The van der Waals surface area contributed by atoms with Crippen molar-refractivity contribution >= 4 is 43.9 Å². The van der Waals surface area contributed by atoms with Crippen molar-refractivity contribution in [2.45, 2.75) is 6.54 Å². The summed E-state index contributed by atoms with van der Waals surface area (Å²) in [5.74, 6) is 1.10. The van der Waals surface area contributed by atoms with Crippen LogP contribution in [0.3, 0.4) is 0 Å². The van der Waals surface area contributed by atoms with Gasteiger partial charge in [-0.3, -0.25) is 4.72 Å². The molecule has 0 saturated heterocycles. The summed E-state index contributed by atoms with van der Waals surface area (Å²) in [5.41, 5.74) is 3.07. The van der Waals surface area contributed by atoms with E-state index in [4.69, 9.17) is 16.3 Å². The predicted octanol–water partition coefficient (Wildman–Crippen LogP) is 4.81. The molecule has 0 unspecified atom stereocenters. The second-order valence-corrected chi connectivity index (χ2v) is 9.70. The number of methoxy groups -OCH3 is 1. The third-order valence-corrected chi connectivity index (χ3v) is 5.93. The number of hydrogen-bond acceptors (Lipinski definition) is 7. The number of nitrogens with one attached hydrogen (secondary N) is 2. The summed E-state index contributed by atoms with van der Waals surface area (Å²) in [5, 5.41) is 23.4. The van der Waals surface area contributed by atoms with Crippen LogP contribution in [0.5, 0.6) is 5.75 Å². The summed E-state index contributed by atoms with van der Waals surface area (Å²) in [6.07, 6.45) is 1.09. The third-order valence-electron chi connectivity index (χ3n) is 5.02. The molecule has 0 amide bonds. The van der Waals surface area contributed by atoms with Crippen molar-refractivity contribution in [1.29, 1.82) is 5.26 Å². The standard InChI is InChI=1S/C24H20ClN5O3S/c1-33-22-9-7-16(11-21(22)25)14-27-24-20-10-15(13-26)6-8-19(20)23(28-29-24)17-4-3-5-18(12-17)30-34(2,31)32/h3-12,30H,14H2,1-2H3,(H,27,29). The van der Waals surface area contributed by atoms with E-state index in [1.54, 1.807) is 49.6 Å². The van der Waals surface area contributed by atoms with Gasteiger partial charge in [0.2, 0.25) is 10.0 Å². The molecule has 1 heterocycles. The molecule has 2 N–H and O–H groups in total. The van der Waals surface area contributed by atoms with Crippen LogP contribution in [0.15, 0.2) is 60.7 Å². The normalized spacial score (nSPS) is 11.1. The average Bonchev–Trinajstić information content (AvgIpc) is 2.81. The van der Waals surface area contributed by atoms with Gasteiger partial charge < -0.3 is 10.1 Å². The molecule has 0 radical (unpaired) electrons. The maximum atomic E-state index is 11.6. The fraction of sp³-hybridized carbons (Fsp3) is 0.125. The monoisotopic (exact) mass is 493 g/mol. The Morgan fingerprint density at radius 2 is 1.88 bits per heavy atom. The number of anilines is 2. The van der Waals surface area contributed by atoms with Crippen molar-refractivity contribution in [3.63, 3.8) is 0 Å². The van der Waals surface area contributed by atoms with E-state index in [0.29, 0.717) is 51.0 Å². The first-order chi connectivity index (χ1) is 16.3. The summed E-state index contributed by atoms with van der Waals surface area (Å²) < 4.78 is 30.9. The van der Waals surface area contributed by atoms with Crippen LogP contribution in [0.2, 0.25) is 5.02 Å². The molecule has 0 spiro atoms. The van der Waals surface area contributed by atoms with Gasteiger partial charge >= 0.3 is 0 Å². The van der Waals surface area contributed by atoms with E-state index in [0.717, 1.165) is 17.2 Å². The molecule has 0 aliphatic rings. The highest BCUT2D eigenvalue weighted by Crippen LogP contribution is 2.32. The van der Waals surface area contributed by atoms with Crippen LogP contribution in [0, 0.1) is 11.3 Å². The fourth-order valence-corrected chi connectivity index (χ4v) is 4.35. The number of ether oxygens (including phenoxy) is 1. The van der Waals surface area contributed by atoms with Crippen LogP contribution in [-0.2, 0) is 16.6 Å². The molecule has 10 heteroatoms. The Morgan fingerprint density at radius 3 is 2.59 bits per heavy atom.